The summed E-state index contributed by atoms with van der Waals surface area (Å²) in [5, 5.41) is 4.11. The average Bonchev–Trinajstić information content (AvgIpc) is 3.26. The number of primary amides is 1. The number of rotatable bonds is 8. The maximum atomic E-state index is 13.5. The third-order valence-corrected chi connectivity index (χ3v) is 5.94. The number of hydrogen-bond acceptors (Lipinski definition) is 7. The van der Waals surface area contributed by atoms with E-state index in [0.717, 1.165) is 10.1 Å². The average molecular weight is 511 g/mol. The molecule has 0 saturated heterocycles. The summed E-state index contributed by atoms with van der Waals surface area (Å²) in [6, 6.07) is 11.2. The van der Waals surface area contributed by atoms with Crippen molar-refractivity contribution in [1.29, 1.82) is 0 Å². The van der Waals surface area contributed by atoms with E-state index in [9.17, 15) is 19.2 Å². The first kappa shape index (κ1) is 24.7. The molecule has 0 spiro atoms. The number of amides is 1. The van der Waals surface area contributed by atoms with Gasteiger partial charge in [-0.25, -0.2) is 14.2 Å². The van der Waals surface area contributed by atoms with Gasteiger partial charge >= 0.3 is 17.3 Å². The molecular formula is C24H23ClN6O5. The van der Waals surface area contributed by atoms with Crippen molar-refractivity contribution in [2.75, 3.05) is 12.4 Å². The van der Waals surface area contributed by atoms with Crippen LogP contribution in [0.3, 0.4) is 0 Å². The predicted octanol–water partition coefficient (Wildman–Crippen LogP) is 2.55. The van der Waals surface area contributed by atoms with E-state index in [1.165, 1.54) is 17.9 Å². The SMILES string of the molecule is COC(=O)C[C@H](C)n1c(=O)nc(Nc2ccc3[nH]cc(C(N)=O)c3c2)n(Cc2ccc(Cl)cc2)c1=O. The van der Waals surface area contributed by atoms with Crippen LogP contribution in [0.15, 0.2) is 58.3 Å². The number of ether oxygens (including phenoxy) is 1. The van der Waals surface area contributed by atoms with Crippen LogP contribution in [0, 0.1) is 0 Å². The molecule has 12 heteroatoms. The Balaban J connectivity index is 1.81. The first-order chi connectivity index (χ1) is 17.2. The van der Waals surface area contributed by atoms with Gasteiger partial charge in [0.05, 0.1) is 31.7 Å². The molecule has 0 aliphatic heterocycles. The van der Waals surface area contributed by atoms with Crippen molar-refractivity contribution in [3.8, 4) is 0 Å². The summed E-state index contributed by atoms with van der Waals surface area (Å²) in [7, 11) is 1.23. The third-order valence-electron chi connectivity index (χ3n) is 5.69. The lowest BCUT2D eigenvalue weighted by Gasteiger charge is -2.18. The summed E-state index contributed by atoms with van der Waals surface area (Å²) >= 11 is 5.99. The van der Waals surface area contributed by atoms with Crippen molar-refractivity contribution >= 4 is 46.0 Å². The molecule has 11 nitrogen and oxygen atoms in total. The largest absolute Gasteiger partial charge is 0.469 e. The van der Waals surface area contributed by atoms with Crippen molar-refractivity contribution in [2.24, 2.45) is 5.73 Å². The molecular weight excluding hydrogens is 488 g/mol. The van der Waals surface area contributed by atoms with E-state index >= 15 is 0 Å². The molecule has 2 heterocycles. The second-order valence-corrected chi connectivity index (χ2v) is 8.60. The van der Waals surface area contributed by atoms with Gasteiger partial charge in [-0.3, -0.25) is 14.2 Å². The minimum Gasteiger partial charge on any atom is -0.469 e. The van der Waals surface area contributed by atoms with Crippen molar-refractivity contribution < 1.29 is 14.3 Å². The minimum absolute atomic E-state index is 0.0167. The Labute approximate surface area is 209 Å². The normalized spacial score (nSPS) is 11.9. The number of nitrogens with one attached hydrogen (secondary N) is 2. The molecule has 0 aliphatic carbocycles. The number of fused-ring (bicyclic) bond motifs is 1. The van der Waals surface area contributed by atoms with E-state index in [0.29, 0.717) is 27.2 Å². The van der Waals surface area contributed by atoms with Gasteiger partial charge in [-0.1, -0.05) is 23.7 Å². The summed E-state index contributed by atoms with van der Waals surface area (Å²) in [6.45, 7) is 1.63. The molecule has 0 saturated carbocycles. The smallest absolute Gasteiger partial charge is 0.355 e. The van der Waals surface area contributed by atoms with Crippen LogP contribution in [-0.4, -0.2) is 38.1 Å². The second kappa shape index (κ2) is 10.1. The number of aromatic amines is 1. The van der Waals surface area contributed by atoms with Crippen LogP contribution in [-0.2, 0) is 16.1 Å². The van der Waals surface area contributed by atoms with Gasteiger partial charge in [-0.15, -0.1) is 0 Å². The number of methoxy groups -OCH3 is 1. The first-order valence-corrected chi connectivity index (χ1v) is 11.3. The topological polar surface area (TPSA) is 154 Å². The molecule has 1 atom stereocenters. The highest BCUT2D eigenvalue weighted by Gasteiger charge is 2.21. The molecule has 4 N–H and O–H groups in total. The summed E-state index contributed by atoms with van der Waals surface area (Å²) in [4.78, 5) is 57.0. The monoisotopic (exact) mass is 510 g/mol. The molecule has 186 valence electrons. The van der Waals surface area contributed by atoms with Gasteiger partial charge in [0.25, 0.3) is 5.91 Å². The Kier molecular flexibility index (Phi) is 6.93. The number of halogens is 1. The maximum Gasteiger partial charge on any atom is 0.355 e. The number of carbonyl (C=O) groups is 2. The van der Waals surface area contributed by atoms with Gasteiger partial charge in [0, 0.05) is 27.8 Å². The zero-order chi connectivity index (χ0) is 26.0. The lowest BCUT2D eigenvalue weighted by Crippen LogP contribution is -2.44. The van der Waals surface area contributed by atoms with Crippen LogP contribution in [0.2, 0.25) is 5.02 Å². The van der Waals surface area contributed by atoms with E-state index in [4.69, 9.17) is 17.3 Å². The highest BCUT2D eigenvalue weighted by atomic mass is 35.5. The predicted molar refractivity (Wildman–Crippen MR) is 135 cm³/mol. The van der Waals surface area contributed by atoms with Crippen LogP contribution in [0.5, 0.6) is 0 Å². The standard InChI is InChI=1S/C24H23ClN6O5/c1-13(9-20(32)36-2)31-23(34)29-22(30(24(31)35)12-14-3-5-15(25)6-4-14)28-16-7-8-19-17(10-16)18(11-27-19)21(26)33/h3-8,10-11,13,27H,9,12H2,1-2H3,(H2,26,33)(H,28,29,34)/t13-/m0/s1. The number of aromatic nitrogens is 4. The van der Waals surface area contributed by atoms with Crippen LogP contribution in [0.4, 0.5) is 11.6 Å². The van der Waals surface area contributed by atoms with E-state index in [1.807, 2.05) is 0 Å². The number of esters is 1. The zero-order valence-electron chi connectivity index (χ0n) is 19.4. The summed E-state index contributed by atoms with van der Waals surface area (Å²) in [6.07, 6.45) is 1.33. The van der Waals surface area contributed by atoms with E-state index in [2.05, 4.69) is 20.0 Å². The first-order valence-electron chi connectivity index (χ1n) is 10.9. The van der Waals surface area contributed by atoms with Crippen LogP contribution in [0.1, 0.15) is 35.3 Å². The Morgan fingerprint density at radius 3 is 2.58 bits per heavy atom. The Morgan fingerprint density at radius 1 is 1.19 bits per heavy atom. The van der Waals surface area contributed by atoms with Gasteiger partial charge in [0.1, 0.15) is 0 Å². The molecule has 0 bridgehead atoms. The molecule has 0 aliphatic rings. The van der Waals surface area contributed by atoms with Crippen molar-refractivity contribution in [2.45, 2.75) is 25.9 Å². The van der Waals surface area contributed by atoms with Crippen LogP contribution < -0.4 is 22.4 Å². The van der Waals surface area contributed by atoms with Crippen LogP contribution in [0.25, 0.3) is 10.9 Å². The van der Waals surface area contributed by atoms with Gasteiger partial charge in [0.15, 0.2) is 0 Å². The molecule has 0 unspecified atom stereocenters. The van der Waals surface area contributed by atoms with Gasteiger partial charge in [0.2, 0.25) is 5.95 Å². The minimum atomic E-state index is -0.827. The molecule has 4 rings (SSSR count). The summed E-state index contributed by atoms with van der Waals surface area (Å²) in [5.74, 6) is -1.18. The quantitative estimate of drug-likeness (QED) is 0.308. The Bertz CT molecular complexity index is 1570. The maximum absolute atomic E-state index is 13.5. The van der Waals surface area contributed by atoms with Gasteiger partial charge in [-0.05, 0) is 42.8 Å². The molecule has 36 heavy (non-hydrogen) atoms. The lowest BCUT2D eigenvalue weighted by molar-refractivity contribution is -0.141. The molecule has 2 aromatic carbocycles. The van der Waals surface area contributed by atoms with Crippen molar-refractivity contribution in [3.63, 3.8) is 0 Å². The summed E-state index contributed by atoms with van der Waals surface area (Å²) < 4.78 is 6.87. The number of carbonyl (C=O) groups excluding carboxylic acids is 2. The summed E-state index contributed by atoms with van der Waals surface area (Å²) in [5.41, 5.74) is 6.15. The van der Waals surface area contributed by atoms with Gasteiger partial charge in [-0.2, -0.15) is 4.98 Å². The molecule has 4 aromatic rings. The van der Waals surface area contributed by atoms with E-state index < -0.39 is 29.3 Å². The van der Waals surface area contributed by atoms with Gasteiger partial charge < -0.3 is 20.8 Å². The Hall–Kier alpha value is -4.38. The number of H-pyrrole nitrogens is 1. The van der Waals surface area contributed by atoms with E-state index in [1.54, 1.807) is 49.4 Å². The van der Waals surface area contributed by atoms with E-state index in [-0.39, 0.29) is 18.9 Å². The zero-order valence-corrected chi connectivity index (χ0v) is 20.2. The number of hydrogen-bond donors (Lipinski definition) is 3. The fraction of sp³-hybridized carbons (Fsp3) is 0.208. The fourth-order valence-corrected chi connectivity index (χ4v) is 3.97. The highest BCUT2D eigenvalue weighted by molar-refractivity contribution is 6.30. The number of nitrogens with zero attached hydrogens (tertiary/aromatic N) is 3. The Morgan fingerprint density at radius 2 is 1.92 bits per heavy atom. The number of benzene rings is 2. The van der Waals surface area contributed by atoms with Crippen LogP contribution >= 0.6 is 11.6 Å². The highest BCUT2D eigenvalue weighted by Crippen LogP contribution is 2.24. The number of nitrogens with two attached hydrogens (primary N) is 1. The molecule has 0 radical (unpaired) electrons. The van der Waals surface area contributed by atoms with Crippen molar-refractivity contribution in [3.05, 3.63) is 85.8 Å². The molecule has 2 aromatic heterocycles. The second-order valence-electron chi connectivity index (χ2n) is 8.16. The molecule has 1 amide bonds. The lowest BCUT2D eigenvalue weighted by atomic mass is 10.1. The third kappa shape index (κ3) is 5.01. The van der Waals surface area contributed by atoms with Crippen molar-refractivity contribution in [1.82, 2.24) is 19.1 Å². The number of anilines is 2. The fourth-order valence-electron chi connectivity index (χ4n) is 3.84. The molecule has 0 fully saturated rings.